The first-order valence-electron chi connectivity index (χ1n) is 9.16. The molecule has 0 saturated carbocycles. The number of amides is 1. The maximum Gasteiger partial charge on any atom is 0.261 e. The molecular weight excluding hydrogens is 368 g/mol. The summed E-state index contributed by atoms with van der Waals surface area (Å²) < 4.78 is 11.1. The molecule has 0 radical (unpaired) electrons. The van der Waals surface area contributed by atoms with Gasteiger partial charge in [-0.2, -0.15) is 0 Å². The van der Waals surface area contributed by atoms with Crippen LogP contribution in [0.5, 0.6) is 0 Å². The van der Waals surface area contributed by atoms with Crippen molar-refractivity contribution < 1.29 is 14.1 Å². The molecule has 4 rings (SSSR count). The van der Waals surface area contributed by atoms with Crippen LogP contribution in [-0.4, -0.2) is 61.4 Å². The Morgan fingerprint density at radius 3 is 2.41 bits per heavy atom. The molecule has 3 heterocycles. The highest BCUT2D eigenvalue weighted by atomic mass is 35.5. The molecule has 1 amide bonds. The van der Waals surface area contributed by atoms with Gasteiger partial charge in [-0.3, -0.25) is 4.79 Å². The summed E-state index contributed by atoms with van der Waals surface area (Å²) in [6.45, 7) is 3.99. The van der Waals surface area contributed by atoms with E-state index in [2.05, 4.69) is 10.1 Å². The van der Waals surface area contributed by atoms with Crippen LogP contribution in [0.25, 0.3) is 11.3 Å². The zero-order valence-corrected chi connectivity index (χ0v) is 16.0. The highest BCUT2D eigenvalue weighted by molar-refractivity contribution is 6.04. The monoisotopic (exact) mass is 392 g/mol. The van der Waals surface area contributed by atoms with Crippen LogP contribution >= 0.6 is 12.4 Å². The first-order valence-corrected chi connectivity index (χ1v) is 9.16. The summed E-state index contributed by atoms with van der Waals surface area (Å²) in [5.41, 5.74) is 7.40. The molecule has 0 atom stereocenters. The molecule has 2 saturated heterocycles. The van der Waals surface area contributed by atoms with Crippen LogP contribution in [-0.2, 0) is 4.74 Å². The number of piperidine rings is 1. The number of anilines is 1. The predicted molar refractivity (Wildman–Crippen MR) is 105 cm³/mol. The molecule has 27 heavy (non-hydrogen) atoms. The third-order valence-electron chi connectivity index (χ3n) is 5.06. The maximum atomic E-state index is 13.4. The summed E-state index contributed by atoms with van der Waals surface area (Å²) >= 11 is 0. The lowest BCUT2D eigenvalue weighted by molar-refractivity contribution is 0.0714. The lowest BCUT2D eigenvalue weighted by Crippen LogP contribution is -2.44. The topological polar surface area (TPSA) is 84.8 Å². The number of hydrogen-bond acceptors (Lipinski definition) is 6. The lowest BCUT2D eigenvalue weighted by Gasteiger charge is -2.31. The minimum Gasteiger partial charge on any atom is -0.378 e. The SMILES string of the molecule is Cl.NC1CCN(C(=O)c2c(N3CCOCC3)noc2-c2ccccc2)CC1. The molecule has 146 valence electrons. The number of nitrogens with two attached hydrogens (primary N) is 1. The van der Waals surface area contributed by atoms with Crippen molar-refractivity contribution in [1.29, 1.82) is 0 Å². The molecule has 1 aromatic heterocycles. The van der Waals surface area contributed by atoms with E-state index >= 15 is 0 Å². The van der Waals surface area contributed by atoms with Gasteiger partial charge in [0.25, 0.3) is 5.91 Å². The van der Waals surface area contributed by atoms with E-state index in [4.69, 9.17) is 15.0 Å². The number of halogens is 1. The zero-order chi connectivity index (χ0) is 17.9. The van der Waals surface area contributed by atoms with Crippen LogP contribution in [0.2, 0.25) is 0 Å². The molecule has 0 bridgehead atoms. The van der Waals surface area contributed by atoms with Crippen molar-refractivity contribution >= 4 is 24.1 Å². The summed E-state index contributed by atoms with van der Waals surface area (Å²) in [6.07, 6.45) is 1.65. The molecule has 2 fully saturated rings. The fourth-order valence-corrected chi connectivity index (χ4v) is 3.51. The molecule has 2 N–H and O–H groups in total. The first-order chi connectivity index (χ1) is 12.7. The second-order valence-electron chi connectivity index (χ2n) is 6.81. The molecule has 1 aromatic carbocycles. The van der Waals surface area contributed by atoms with E-state index < -0.39 is 0 Å². The van der Waals surface area contributed by atoms with E-state index in [1.807, 2.05) is 35.2 Å². The Balaban J connectivity index is 0.00000210. The minimum atomic E-state index is -0.0292. The van der Waals surface area contributed by atoms with Crippen LogP contribution in [0.3, 0.4) is 0 Å². The van der Waals surface area contributed by atoms with E-state index in [0.29, 0.717) is 56.5 Å². The molecule has 2 aromatic rings. The van der Waals surface area contributed by atoms with Gasteiger partial charge in [-0.15, -0.1) is 12.4 Å². The highest BCUT2D eigenvalue weighted by Gasteiger charge is 2.32. The predicted octanol–water partition coefficient (Wildman–Crippen LogP) is 2.16. The summed E-state index contributed by atoms with van der Waals surface area (Å²) in [7, 11) is 0. The van der Waals surface area contributed by atoms with Gasteiger partial charge in [-0.25, -0.2) is 0 Å². The Hall–Kier alpha value is -2.09. The van der Waals surface area contributed by atoms with Gasteiger partial charge in [-0.05, 0) is 12.8 Å². The van der Waals surface area contributed by atoms with Gasteiger partial charge < -0.3 is 24.8 Å². The Labute approximate surface area is 164 Å². The normalized spacial score (nSPS) is 18.3. The smallest absolute Gasteiger partial charge is 0.261 e. The van der Waals surface area contributed by atoms with Crippen molar-refractivity contribution in [3.05, 3.63) is 35.9 Å². The van der Waals surface area contributed by atoms with Crippen LogP contribution in [0.1, 0.15) is 23.2 Å². The Bertz CT molecular complexity index is 754. The van der Waals surface area contributed by atoms with Gasteiger partial charge in [0.1, 0.15) is 5.56 Å². The number of hydrogen-bond donors (Lipinski definition) is 1. The summed E-state index contributed by atoms with van der Waals surface area (Å²) in [5, 5.41) is 4.27. The number of ether oxygens (including phenoxy) is 1. The Kier molecular flexibility index (Phi) is 6.36. The number of likely N-dealkylation sites (tertiary alicyclic amines) is 1. The fraction of sp³-hybridized carbons (Fsp3) is 0.474. The average Bonchev–Trinajstić information content (AvgIpc) is 3.14. The van der Waals surface area contributed by atoms with Crippen LogP contribution in [0.4, 0.5) is 5.82 Å². The third-order valence-corrected chi connectivity index (χ3v) is 5.06. The molecule has 2 aliphatic heterocycles. The third kappa shape index (κ3) is 4.10. The number of rotatable bonds is 3. The van der Waals surface area contributed by atoms with E-state index in [1.54, 1.807) is 0 Å². The van der Waals surface area contributed by atoms with E-state index in [9.17, 15) is 4.79 Å². The average molecular weight is 393 g/mol. The number of aromatic nitrogens is 1. The van der Waals surface area contributed by atoms with E-state index in [1.165, 1.54) is 0 Å². The van der Waals surface area contributed by atoms with Crippen molar-refractivity contribution in [3.8, 4) is 11.3 Å². The number of carbonyl (C=O) groups is 1. The second-order valence-corrected chi connectivity index (χ2v) is 6.81. The summed E-state index contributed by atoms with van der Waals surface area (Å²) in [6, 6.07) is 9.85. The van der Waals surface area contributed by atoms with Gasteiger partial charge in [0.15, 0.2) is 11.6 Å². The van der Waals surface area contributed by atoms with Crippen LogP contribution in [0.15, 0.2) is 34.9 Å². The lowest BCUT2D eigenvalue weighted by atomic mass is 10.0. The standard InChI is InChI=1S/C19H24N4O3.ClH/c20-15-6-8-23(9-7-15)19(24)16-17(14-4-2-1-3-5-14)26-21-18(16)22-10-12-25-13-11-22;/h1-5,15H,6-13,20H2;1H. The van der Waals surface area contributed by atoms with Gasteiger partial charge in [0.2, 0.25) is 0 Å². The second kappa shape index (κ2) is 8.73. The molecule has 0 unspecified atom stereocenters. The quantitative estimate of drug-likeness (QED) is 0.861. The maximum absolute atomic E-state index is 13.4. The summed E-state index contributed by atoms with van der Waals surface area (Å²) in [4.78, 5) is 17.3. The van der Waals surface area contributed by atoms with Crippen molar-refractivity contribution in [3.63, 3.8) is 0 Å². The largest absolute Gasteiger partial charge is 0.378 e. The van der Waals surface area contributed by atoms with E-state index in [-0.39, 0.29) is 24.4 Å². The fourth-order valence-electron chi connectivity index (χ4n) is 3.51. The number of morpholine rings is 1. The first kappa shape index (κ1) is 19.7. The Morgan fingerprint density at radius 2 is 1.74 bits per heavy atom. The van der Waals surface area contributed by atoms with Gasteiger partial charge in [-0.1, -0.05) is 35.5 Å². The van der Waals surface area contributed by atoms with Crippen LogP contribution in [0, 0.1) is 0 Å². The molecule has 2 aliphatic rings. The number of nitrogens with zero attached hydrogens (tertiary/aromatic N) is 3. The van der Waals surface area contributed by atoms with Crippen molar-refractivity contribution in [1.82, 2.24) is 10.1 Å². The number of benzene rings is 1. The number of carbonyl (C=O) groups excluding carboxylic acids is 1. The molecule has 0 spiro atoms. The molecule has 0 aliphatic carbocycles. The van der Waals surface area contributed by atoms with Gasteiger partial charge >= 0.3 is 0 Å². The summed E-state index contributed by atoms with van der Waals surface area (Å²) in [5.74, 6) is 1.12. The Morgan fingerprint density at radius 1 is 1.07 bits per heavy atom. The minimum absolute atomic E-state index is 0. The van der Waals surface area contributed by atoms with Gasteiger partial charge in [0.05, 0.1) is 13.2 Å². The van der Waals surface area contributed by atoms with Crippen molar-refractivity contribution in [2.45, 2.75) is 18.9 Å². The molecule has 8 heteroatoms. The molecular formula is C19H25ClN4O3. The van der Waals surface area contributed by atoms with E-state index in [0.717, 1.165) is 18.4 Å². The van der Waals surface area contributed by atoms with Gasteiger partial charge in [0, 0.05) is 37.8 Å². The highest BCUT2D eigenvalue weighted by Crippen LogP contribution is 2.33. The van der Waals surface area contributed by atoms with Crippen molar-refractivity contribution in [2.75, 3.05) is 44.3 Å². The zero-order valence-electron chi connectivity index (χ0n) is 15.2. The van der Waals surface area contributed by atoms with Crippen LogP contribution < -0.4 is 10.6 Å². The van der Waals surface area contributed by atoms with Crippen molar-refractivity contribution in [2.24, 2.45) is 5.73 Å². The molecule has 7 nitrogen and oxygen atoms in total.